The average molecular weight is 811 g/mol. The first-order chi connectivity index (χ1) is 28.0. The highest BCUT2D eigenvalue weighted by Crippen LogP contribution is 2.58. The van der Waals surface area contributed by atoms with Crippen molar-refractivity contribution in [3.63, 3.8) is 0 Å². The summed E-state index contributed by atoms with van der Waals surface area (Å²) in [5.74, 6) is 2.07. The van der Waals surface area contributed by atoms with E-state index in [0.717, 1.165) is 60.0 Å². The zero-order valence-corrected chi connectivity index (χ0v) is 34.9. The van der Waals surface area contributed by atoms with Crippen molar-refractivity contribution >= 4 is 35.3 Å². The van der Waals surface area contributed by atoms with Crippen LogP contribution >= 0.6 is 11.3 Å². The molecule has 1 saturated carbocycles. The number of nitrogens with zero attached hydrogens (tertiary/aromatic N) is 4. The van der Waals surface area contributed by atoms with Gasteiger partial charge in [0.25, 0.3) is 0 Å². The average Bonchev–Trinajstić information content (AvgIpc) is 4.08. The minimum absolute atomic E-state index is 0.102. The number of methoxy groups -OCH3 is 2. The van der Waals surface area contributed by atoms with Gasteiger partial charge in [0.05, 0.1) is 55.0 Å². The molecule has 8 rings (SSSR count). The lowest BCUT2D eigenvalue weighted by Gasteiger charge is -2.30. The first-order valence-corrected chi connectivity index (χ1v) is 21.5. The van der Waals surface area contributed by atoms with Gasteiger partial charge >= 0.3 is 12.2 Å². The van der Waals surface area contributed by atoms with Gasteiger partial charge in [0, 0.05) is 23.5 Å². The zero-order chi connectivity index (χ0) is 40.8. The molecule has 4 amide bonds. The van der Waals surface area contributed by atoms with Crippen molar-refractivity contribution in [1.29, 1.82) is 0 Å². The molecule has 0 radical (unpaired) electrons. The van der Waals surface area contributed by atoms with E-state index in [1.807, 2.05) is 49.9 Å². The lowest BCUT2D eigenvalue weighted by atomic mass is 9.84. The second-order valence-electron chi connectivity index (χ2n) is 16.8. The van der Waals surface area contributed by atoms with Crippen LogP contribution in [0.1, 0.15) is 119 Å². The molecule has 4 N–H and O–H groups in total. The van der Waals surface area contributed by atoms with Crippen LogP contribution in [-0.2, 0) is 19.1 Å². The molecule has 3 aromatic heterocycles. The van der Waals surface area contributed by atoms with Gasteiger partial charge in [0.1, 0.15) is 23.7 Å². The lowest BCUT2D eigenvalue weighted by Crippen LogP contribution is -2.51. The van der Waals surface area contributed by atoms with Gasteiger partial charge in [-0.3, -0.25) is 9.59 Å². The minimum Gasteiger partial charge on any atom is -0.453 e. The molecule has 15 heteroatoms. The fraction of sp³-hybridized carbons (Fsp3) is 0.535. The molecule has 14 nitrogen and oxygen atoms in total. The van der Waals surface area contributed by atoms with Crippen LogP contribution in [0.3, 0.4) is 0 Å². The van der Waals surface area contributed by atoms with Crippen LogP contribution < -0.4 is 10.6 Å². The molecule has 2 bridgehead atoms. The maximum atomic E-state index is 13.8. The Morgan fingerprint density at radius 3 is 1.71 bits per heavy atom. The topological polar surface area (TPSA) is 175 Å². The third kappa shape index (κ3) is 7.26. The molecule has 2 saturated heterocycles. The largest absolute Gasteiger partial charge is 0.453 e. The molecule has 4 aromatic rings. The van der Waals surface area contributed by atoms with Gasteiger partial charge in [-0.1, -0.05) is 39.8 Å². The van der Waals surface area contributed by atoms with E-state index in [9.17, 15) is 19.2 Å². The van der Waals surface area contributed by atoms with Crippen molar-refractivity contribution < 1.29 is 28.7 Å². The van der Waals surface area contributed by atoms with Crippen molar-refractivity contribution in [2.45, 2.75) is 109 Å². The fourth-order valence-corrected chi connectivity index (χ4v) is 10.8. The van der Waals surface area contributed by atoms with Crippen LogP contribution in [-0.4, -0.2) is 93.1 Å². The first-order valence-electron chi connectivity index (χ1n) is 20.6. The fourth-order valence-electron chi connectivity index (χ4n) is 9.76. The summed E-state index contributed by atoms with van der Waals surface area (Å²) in [7, 11) is 2.60. The van der Waals surface area contributed by atoms with Gasteiger partial charge in [0.2, 0.25) is 11.8 Å². The SMILES string of the molecule is COC(=O)N[C@H](C(=O)N1CCC[C@H]1c1ncc(-c2ccc(-c3ccc(-c4cnc([C@@H]5CCCN5C(=O)[C@@H](NC(=O)OC)C(C)C)[nH]4)c4c3C3CCC4C3)s2)[nH]1)C(C)C. The number of thiophene rings is 1. The summed E-state index contributed by atoms with van der Waals surface area (Å²) in [4.78, 5) is 74.3. The first kappa shape index (κ1) is 39.6. The highest BCUT2D eigenvalue weighted by atomic mass is 32.1. The molecule has 3 fully saturated rings. The molecule has 2 unspecified atom stereocenters. The molecule has 0 spiro atoms. The quantitative estimate of drug-likeness (QED) is 0.120. The summed E-state index contributed by atoms with van der Waals surface area (Å²) in [6, 6.07) is 7.08. The predicted octanol–water partition coefficient (Wildman–Crippen LogP) is 7.65. The number of benzene rings is 1. The van der Waals surface area contributed by atoms with Crippen molar-refractivity contribution in [2.24, 2.45) is 11.8 Å². The normalized spacial score (nSPS) is 22.1. The van der Waals surface area contributed by atoms with Gasteiger partial charge in [0.15, 0.2) is 0 Å². The minimum atomic E-state index is -0.685. The number of fused-ring (bicyclic) bond motifs is 5. The number of amides is 4. The Balaban J connectivity index is 1.03. The molecule has 5 heterocycles. The highest BCUT2D eigenvalue weighted by molar-refractivity contribution is 7.18. The third-order valence-corrected chi connectivity index (χ3v) is 13.8. The van der Waals surface area contributed by atoms with E-state index in [1.165, 1.54) is 54.2 Å². The second kappa shape index (κ2) is 16.2. The number of ether oxygens (including phenoxy) is 2. The number of carbonyl (C=O) groups is 4. The van der Waals surface area contributed by atoms with E-state index in [-0.39, 0.29) is 35.7 Å². The number of H-pyrrole nitrogens is 2. The Kier molecular flexibility index (Phi) is 11.1. The third-order valence-electron chi connectivity index (χ3n) is 12.6. The number of hydrogen-bond donors (Lipinski definition) is 4. The number of aromatic nitrogens is 4. The van der Waals surface area contributed by atoms with E-state index < -0.39 is 24.3 Å². The summed E-state index contributed by atoms with van der Waals surface area (Å²) in [6.07, 6.45) is 9.37. The van der Waals surface area contributed by atoms with Crippen LogP contribution in [0.4, 0.5) is 9.59 Å². The Morgan fingerprint density at radius 2 is 1.17 bits per heavy atom. The summed E-state index contributed by atoms with van der Waals surface area (Å²) >= 11 is 1.74. The van der Waals surface area contributed by atoms with Crippen molar-refractivity contribution in [2.75, 3.05) is 27.3 Å². The van der Waals surface area contributed by atoms with Gasteiger partial charge < -0.3 is 39.9 Å². The Hall–Kier alpha value is -5.18. The van der Waals surface area contributed by atoms with Crippen molar-refractivity contribution in [3.05, 3.63) is 59.4 Å². The van der Waals surface area contributed by atoms with Crippen LogP contribution in [0.5, 0.6) is 0 Å². The number of rotatable bonds is 11. The van der Waals surface area contributed by atoms with E-state index in [1.54, 1.807) is 11.3 Å². The predicted molar refractivity (Wildman–Crippen MR) is 220 cm³/mol. The second-order valence-corrected chi connectivity index (χ2v) is 17.9. The molecule has 1 aromatic carbocycles. The number of aromatic amines is 2. The number of likely N-dealkylation sites (tertiary alicyclic amines) is 2. The van der Waals surface area contributed by atoms with E-state index in [2.05, 4.69) is 44.9 Å². The van der Waals surface area contributed by atoms with Crippen LogP contribution in [0.25, 0.3) is 32.3 Å². The van der Waals surface area contributed by atoms with E-state index in [4.69, 9.17) is 19.4 Å². The van der Waals surface area contributed by atoms with Crippen molar-refractivity contribution in [1.82, 2.24) is 40.4 Å². The van der Waals surface area contributed by atoms with Gasteiger partial charge in [-0.2, -0.15) is 0 Å². The Labute approximate surface area is 342 Å². The lowest BCUT2D eigenvalue weighted by molar-refractivity contribution is -0.136. The molecule has 58 heavy (non-hydrogen) atoms. The molecular weight excluding hydrogens is 757 g/mol. The molecule has 6 atom stereocenters. The molecule has 4 aliphatic rings. The summed E-state index contributed by atoms with van der Waals surface area (Å²) in [5.41, 5.74) is 7.19. The van der Waals surface area contributed by atoms with Crippen LogP contribution in [0, 0.1) is 11.8 Å². The summed E-state index contributed by atoms with van der Waals surface area (Å²) in [6.45, 7) is 8.88. The Bertz CT molecular complexity index is 2190. The number of hydrogen-bond acceptors (Lipinski definition) is 9. The van der Waals surface area contributed by atoms with Crippen LogP contribution in [0.2, 0.25) is 0 Å². The number of alkyl carbamates (subject to hydrolysis) is 2. The van der Waals surface area contributed by atoms with Gasteiger partial charge in [-0.05, 0) is 97.4 Å². The van der Waals surface area contributed by atoms with E-state index in [0.29, 0.717) is 24.9 Å². The smallest absolute Gasteiger partial charge is 0.407 e. The number of imidazole rings is 2. The van der Waals surface area contributed by atoms with E-state index >= 15 is 0 Å². The molecule has 308 valence electrons. The van der Waals surface area contributed by atoms with Gasteiger partial charge in [-0.25, -0.2) is 19.6 Å². The van der Waals surface area contributed by atoms with Crippen molar-refractivity contribution in [3.8, 4) is 32.3 Å². The number of carbonyl (C=O) groups excluding carboxylic acids is 4. The molecule has 2 aliphatic carbocycles. The number of nitrogens with one attached hydrogen (secondary N) is 4. The summed E-state index contributed by atoms with van der Waals surface area (Å²) in [5, 5.41) is 5.46. The highest BCUT2D eigenvalue weighted by Gasteiger charge is 2.42. The Morgan fingerprint density at radius 1 is 0.690 bits per heavy atom. The standard InChI is InChI=1S/C43H54N8O6S/c1-22(2)36(48-42(54)56-5)40(52)50-17-7-9-30(50)38-44-20-28(46-38)26-13-14-27(35-25-12-11-24(19-25)34(26)35)32-15-16-33(58-32)29-21-45-39(47-29)31-10-8-18-51(31)41(53)37(23(3)4)49-43(55)57-6/h13-16,20-25,30-31,36-37H,7-12,17-19H2,1-6H3,(H,44,46)(H,45,47)(H,48,54)(H,49,55)/t24?,25?,30-,31-,36-,37-/m0/s1. The molecule has 2 aliphatic heterocycles. The van der Waals surface area contributed by atoms with Crippen LogP contribution in [0.15, 0.2) is 36.7 Å². The molecular formula is C43H54N8O6S. The maximum absolute atomic E-state index is 13.8. The maximum Gasteiger partial charge on any atom is 0.407 e. The van der Waals surface area contributed by atoms with Gasteiger partial charge in [-0.15, -0.1) is 11.3 Å². The monoisotopic (exact) mass is 810 g/mol. The zero-order valence-electron chi connectivity index (χ0n) is 34.1. The summed E-state index contributed by atoms with van der Waals surface area (Å²) < 4.78 is 9.60.